The number of piperazine rings is 1. The standard InChI is InChI=1S/C22H26N4OS/c1-17-16-20(18(2)26(17)21-7-3-4-9-23-21)22(27)25-13-11-24(12-14-25)10-8-19-6-5-15-28-19/h3-7,9,15-16H,8,10-14H2,1-2H3. The molecule has 28 heavy (non-hydrogen) atoms. The Hall–Kier alpha value is -2.44. The molecule has 146 valence electrons. The monoisotopic (exact) mass is 394 g/mol. The number of pyridine rings is 1. The Morgan fingerprint density at radius 2 is 1.93 bits per heavy atom. The van der Waals surface area contributed by atoms with E-state index in [1.807, 2.05) is 54.3 Å². The van der Waals surface area contributed by atoms with Crippen molar-refractivity contribution >= 4 is 17.2 Å². The number of hydrogen-bond donors (Lipinski definition) is 0. The van der Waals surface area contributed by atoms with Crippen LogP contribution in [0, 0.1) is 13.8 Å². The third-order valence-electron chi connectivity index (χ3n) is 5.45. The van der Waals surface area contributed by atoms with Gasteiger partial charge in [0.2, 0.25) is 0 Å². The van der Waals surface area contributed by atoms with Crippen LogP contribution in [0.4, 0.5) is 0 Å². The van der Waals surface area contributed by atoms with Gasteiger partial charge in [-0.1, -0.05) is 12.1 Å². The highest BCUT2D eigenvalue weighted by Crippen LogP contribution is 2.21. The highest BCUT2D eigenvalue weighted by molar-refractivity contribution is 7.09. The molecule has 0 saturated carbocycles. The van der Waals surface area contributed by atoms with Crippen LogP contribution in [0.3, 0.4) is 0 Å². The number of rotatable bonds is 5. The van der Waals surface area contributed by atoms with Gasteiger partial charge in [-0.25, -0.2) is 4.98 Å². The van der Waals surface area contributed by atoms with E-state index in [-0.39, 0.29) is 5.91 Å². The molecular weight excluding hydrogens is 368 g/mol. The summed E-state index contributed by atoms with van der Waals surface area (Å²) in [6.07, 6.45) is 2.88. The van der Waals surface area contributed by atoms with Gasteiger partial charge in [-0.2, -0.15) is 0 Å². The number of nitrogens with zero attached hydrogens (tertiary/aromatic N) is 4. The van der Waals surface area contributed by atoms with Gasteiger partial charge in [0.25, 0.3) is 5.91 Å². The van der Waals surface area contributed by atoms with Crippen LogP contribution in [-0.4, -0.2) is 58.0 Å². The molecule has 4 heterocycles. The molecule has 0 spiro atoms. The highest BCUT2D eigenvalue weighted by Gasteiger charge is 2.25. The van der Waals surface area contributed by atoms with E-state index in [0.29, 0.717) is 0 Å². The van der Waals surface area contributed by atoms with Gasteiger partial charge >= 0.3 is 0 Å². The first-order chi connectivity index (χ1) is 13.6. The second kappa shape index (κ2) is 8.29. The van der Waals surface area contributed by atoms with Crippen molar-refractivity contribution in [2.75, 3.05) is 32.7 Å². The van der Waals surface area contributed by atoms with Gasteiger partial charge in [0.1, 0.15) is 5.82 Å². The molecule has 0 atom stereocenters. The van der Waals surface area contributed by atoms with E-state index < -0.39 is 0 Å². The maximum Gasteiger partial charge on any atom is 0.255 e. The molecule has 3 aromatic heterocycles. The zero-order chi connectivity index (χ0) is 19.5. The Balaban J connectivity index is 1.40. The maximum absolute atomic E-state index is 13.1. The molecule has 0 aliphatic carbocycles. The van der Waals surface area contributed by atoms with Crippen molar-refractivity contribution < 1.29 is 4.79 Å². The van der Waals surface area contributed by atoms with Crippen LogP contribution in [0.5, 0.6) is 0 Å². The average Bonchev–Trinajstić information content (AvgIpc) is 3.34. The fourth-order valence-corrected chi connectivity index (χ4v) is 4.58. The minimum Gasteiger partial charge on any atom is -0.336 e. The minimum atomic E-state index is 0.133. The number of aryl methyl sites for hydroxylation is 1. The van der Waals surface area contributed by atoms with Crippen LogP contribution in [-0.2, 0) is 6.42 Å². The fourth-order valence-electron chi connectivity index (χ4n) is 3.89. The first-order valence-corrected chi connectivity index (χ1v) is 10.7. The summed E-state index contributed by atoms with van der Waals surface area (Å²) in [7, 11) is 0. The van der Waals surface area contributed by atoms with E-state index in [0.717, 1.165) is 61.9 Å². The SMILES string of the molecule is Cc1cc(C(=O)N2CCN(CCc3cccs3)CC2)c(C)n1-c1ccccn1. The molecule has 3 aromatic rings. The van der Waals surface area contributed by atoms with Crippen molar-refractivity contribution in [2.24, 2.45) is 0 Å². The van der Waals surface area contributed by atoms with Gasteiger partial charge in [0, 0.05) is 55.2 Å². The molecule has 0 radical (unpaired) electrons. The molecule has 4 rings (SSSR count). The molecule has 5 nitrogen and oxygen atoms in total. The average molecular weight is 395 g/mol. The van der Waals surface area contributed by atoms with Crippen molar-refractivity contribution in [2.45, 2.75) is 20.3 Å². The summed E-state index contributed by atoms with van der Waals surface area (Å²) >= 11 is 1.82. The first kappa shape index (κ1) is 18.9. The van der Waals surface area contributed by atoms with Gasteiger partial charge in [-0.15, -0.1) is 11.3 Å². The third-order valence-corrected chi connectivity index (χ3v) is 6.39. The van der Waals surface area contributed by atoms with Gasteiger partial charge in [0.05, 0.1) is 5.56 Å². The lowest BCUT2D eigenvalue weighted by Gasteiger charge is -2.34. The summed E-state index contributed by atoms with van der Waals surface area (Å²) in [6, 6.07) is 12.1. The lowest BCUT2D eigenvalue weighted by Crippen LogP contribution is -2.49. The summed E-state index contributed by atoms with van der Waals surface area (Å²) in [5.74, 6) is 0.989. The third kappa shape index (κ3) is 3.88. The largest absolute Gasteiger partial charge is 0.336 e. The Kier molecular flexibility index (Phi) is 5.59. The molecule has 1 fully saturated rings. The predicted octanol–water partition coefficient (Wildman–Crippen LogP) is 3.55. The molecular formula is C22H26N4OS. The maximum atomic E-state index is 13.1. The molecule has 1 aliphatic rings. The molecule has 0 bridgehead atoms. The second-order valence-electron chi connectivity index (χ2n) is 7.27. The van der Waals surface area contributed by atoms with Crippen molar-refractivity contribution in [3.05, 3.63) is 69.8 Å². The van der Waals surface area contributed by atoms with Crippen LogP contribution in [0.1, 0.15) is 26.6 Å². The number of carbonyl (C=O) groups is 1. The van der Waals surface area contributed by atoms with Crippen LogP contribution in [0.15, 0.2) is 48.0 Å². The zero-order valence-electron chi connectivity index (χ0n) is 16.5. The topological polar surface area (TPSA) is 41.4 Å². The summed E-state index contributed by atoms with van der Waals surface area (Å²) in [5, 5.41) is 2.13. The fraction of sp³-hybridized carbons (Fsp3) is 0.364. The lowest BCUT2D eigenvalue weighted by molar-refractivity contribution is 0.0638. The van der Waals surface area contributed by atoms with E-state index in [1.54, 1.807) is 6.20 Å². The number of amides is 1. The predicted molar refractivity (Wildman–Crippen MR) is 113 cm³/mol. The van der Waals surface area contributed by atoms with E-state index in [9.17, 15) is 4.79 Å². The van der Waals surface area contributed by atoms with Crippen molar-refractivity contribution in [3.63, 3.8) is 0 Å². The highest BCUT2D eigenvalue weighted by atomic mass is 32.1. The van der Waals surface area contributed by atoms with E-state index in [2.05, 4.69) is 32.0 Å². The molecule has 0 aromatic carbocycles. The first-order valence-electron chi connectivity index (χ1n) is 9.78. The van der Waals surface area contributed by atoms with Gasteiger partial charge in [0.15, 0.2) is 0 Å². The number of hydrogen-bond acceptors (Lipinski definition) is 4. The Morgan fingerprint density at radius 3 is 2.61 bits per heavy atom. The van der Waals surface area contributed by atoms with E-state index in [1.165, 1.54) is 4.88 Å². The molecule has 1 aliphatic heterocycles. The van der Waals surface area contributed by atoms with Crippen LogP contribution >= 0.6 is 11.3 Å². The van der Waals surface area contributed by atoms with Crippen LogP contribution < -0.4 is 0 Å². The van der Waals surface area contributed by atoms with Crippen molar-refractivity contribution in [1.29, 1.82) is 0 Å². The summed E-state index contributed by atoms with van der Waals surface area (Å²) in [6.45, 7) is 8.56. The number of aromatic nitrogens is 2. The summed E-state index contributed by atoms with van der Waals surface area (Å²) in [5.41, 5.74) is 2.78. The lowest BCUT2D eigenvalue weighted by atomic mass is 10.2. The Morgan fingerprint density at radius 1 is 1.11 bits per heavy atom. The van der Waals surface area contributed by atoms with Crippen molar-refractivity contribution in [1.82, 2.24) is 19.4 Å². The quantitative estimate of drug-likeness (QED) is 0.665. The number of thiophene rings is 1. The van der Waals surface area contributed by atoms with Crippen LogP contribution in [0.25, 0.3) is 5.82 Å². The zero-order valence-corrected chi connectivity index (χ0v) is 17.3. The smallest absolute Gasteiger partial charge is 0.255 e. The van der Waals surface area contributed by atoms with Gasteiger partial charge in [-0.05, 0) is 49.9 Å². The van der Waals surface area contributed by atoms with Crippen molar-refractivity contribution in [3.8, 4) is 5.82 Å². The molecule has 1 amide bonds. The minimum absolute atomic E-state index is 0.133. The van der Waals surface area contributed by atoms with Gasteiger partial charge < -0.3 is 9.47 Å². The molecule has 6 heteroatoms. The second-order valence-corrected chi connectivity index (χ2v) is 8.30. The summed E-state index contributed by atoms with van der Waals surface area (Å²) in [4.78, 5) is 23.5. The Bertz CT molecular complexity index is 925. The normalized spacial score (nSPS) is 15.1. The van der Waals surface area contributed by atoms with Gasteiger partial charge in [-0.3, -0.25) is 9.69 Å². The molecule has 0 N–H and O–H groups in total. The Labute approximate surface area is 170 Å². The molecule has 1 saturated heterocycles. The van der Waals surface area contributed by atoms with E-state index >= 15 is 0 Å². The molecule has 0 unspecified atom stereocenters. The van der Waals surface area contributed by atoms with Crippen LogP contribution in [0.2, 0.25) is 0 Å². The van der Waals surface area contributed by atoms with E-state index in [4.69, 9.17) is 0 Å². The summed E-state index contributed by atoms with van der Waals surface area (Å²) < 4.78 is 2.06. The number of carbonyl (C=O) groups excluding carboxylic acids is 1.